The first kappa shape index (κ1) is 15.3. The second-order valence-electron chi connectivity index (χ2n) is 5.71. The van der Waals surface area contributed by atoms with Gasteiger partial charge >= 0.3 is 0 Å². The van der Waals surface area contributed by atoms with Crippen LogP contribution in [0.5, 0.6) is 5.75 Å². The molecule has 0 heterocycles. The average Bonchev–Trinajstić information content (AvgIpc) is 2.64. The maximum atomic E-state index is 10.2. The number of hydrogen-bond acceptors (Lipinski definition) is 3. The van der Waals surface area contributed by atoms with Gasteiger partial charge in [0.1, 0.15) is 11.9 Å². The van der Waals surface area contributed by atoms with Gasteiger partial charge < -0.3 is 15.2 Å². The number of ether oxygens (including phenoxy) is 1. The monoisotopic (exact) mass is 277 g/mol. The predicted octanol–water partition coefficient (Wildman–Crippen LogP) is 3.18. The summed E-state index contributed by atoms with van der Waals surface area (Å²) in [5, 5.41) is 13.6. The van der Waals surface area contributed by atoms with Crippen molar-refractivity contribution in [1.82, 2.24) is 5.32 Å². The number of aliphatic hydroxyl groups excluding tert-OH is 1. The van der Waals surface area contributed by atoms with Gasteiger partial charge in [0.05, 0.1) is 6.10 Å². The molecule has 0 saturated heterocycles. The van der Waals surface area contributed by atoms with E-state index in [2.05, 4.69) is 37.4 Å². The highest BCUT2D eigenvalue weighted by molar-refractivity contribution is 5.41. The van der Waals surface area contributed by atoms with E-state index in [0.717, 1.165) is 50.1 Å². The molecule has 0 spiro atoms. The number of nitrogens with one attached hydrogen (secondary N) is 1. The zero-order valence-corrected chi connectivity index (χ0v) is 12.7. The molecule has 3 nitrogen and oxygen atoms in total. The molecule has 20 heavy (non-hydrogen) atoms. The van der Waals surface area contributed by atoms with E-state index in [1.807, 2.05) is 0 Å². The number of rotatable bonds is 5. The largest absolute Gasteiger partial charge is 0.487 e. The molecule has 1 aromatic rings. The molecule has 1 aromatic carbocycles. The van der Waals surface area contributed by atoms with E-state index in [4.69, 9.17) is 4.74 Å². The minimum Gasteiger partial charge on any atom is -0.487 e. The molecule has 1 fully saturated rings. The van der Waals surface area contributed by atoms with Gasteiger partial charge in [-0.2, -0.15) is 0 Å². The summed E-state index contributed by atoms with van der Waals surface area (Å²) in [5.74, 6) is 0.958. The van der Waals surface area contributed by atoms with Crippen molar-refractivity contribution in [2.24, 2.45) is 0 Å². The summed E-state index contributed by atoms with van der Waals surface area (Å²) in [4.78, 5) is 0. The van der Waals surface area contributed by atoms with Crippen LogP contribution < -0.4 is 10.1 Å². The van der Waals surface area contributed by atoms with Gasteiger partial charge in [0.25, 0.3) is 0 Å². The lowest BCUT2D eigenvalue weighted by molar-refractivity contribution is 0.0310. The van der Waals surface area contributed by atoms with Crippen molar-refractivity contribution in [3.05, 3.63) is 29.3 Å². The lowest BCUT2D eigenvalue weighted by atomic mass is 10.1. The highest BCUT2D eigenvalue weighted by atomic mass is 16.5. The Morgan fingerprint density at radius 3 is 2.85 bits per heavy atom. The molecule has 2 rings (SSSR count). The first-order valence-electron chi connectivity index (χ1n) is 7.86. The summed E-state index contributed by atoms with van der Waals surface area (Å²) in [7, 11) is 0. The van der Waals surface area contributed by atoms with Crippen LogP contribution in [0.3, 0.4) is 0 Å². The molecule has 0 amide bonds. The molecule has 0 bridgehead atoms. The zero-order chi connectivity index (χ0) is 14.4. The van der Waals surface area contributed by atoms with Crippen molar-refractivity contribution in [2.75, 3.05) is 6.54 Å². The molecule has 2 atom stereocenters. The Balaban J connectivity index is 2.13. The highest BCUT2D eigenvalue weighted by Crippen LogP contribution is 2.28. The third-order valence-electron chi connectivity index (χ3n) is 4.05. The summed E-state index contributed by atoms with van der Waals surface area (Å²) < 4.78 is 6.22. The fourth-order valence-electron chi connectivity index (χ4n) is 2.82. The first-order chi connectivity index (χ1) is 9.72. The minimum atomic E-state index is -0.330. The fourth-order valence-corrected chi connectivity index (χ4v) is 2.82. The van der Waals surface area contributed by atoms with Crippen molar-refractivity contribution < 1.29 is 9.84 Å². The topological polar surface area (TPSA) is 41.5 Å². The van der Waals surface area contributed by atoms with Crippen LogP contribution in [0, 0.1) is 6.92 Å². The Morgan fingerprint density at radius 2 is 2.05 bits per heavy atom. The minimum absolute atomic E-state index is 0.0565. The van der Waals surface area contributed by atoms with E-state index < -0.39 is 0 Å². The van der Waals surface area contributed by atoms with Crippen molar-refractivity contribution in [2.45, 2.75) is 64.7 Å². The normalized spacial score (nSPS) is 23.4. The van der Waals surface area contributed by atoms with Gasteiger partial charge in [-0.05, 0) is 38.3 Å². The van der Waals surface area contributed by atoms with Crippen LogP contribution in [-0.2, 0) is 6.54 Å². The summed E-state index contributed by atoms with van der Waals surface area (Å²) in [6, 6.07) is 6.25. The van der Waals surface area contributed by atoms with Crippen molar-refractivity contribution in [1.29, 1.82) is 0 Å². The molecule has 1 aliphatic rings. The number of para-hydroxylation sites is 1. The summed E-state index contributed by atoms with van der Waals surface area (Å²) in [6.07, 6.45) is 4.89. The molecule has 0 radical (unpaired) electrons. The Bertz CT molecular complexity index is 419. The van der Waals surface area contributed by atoms with Crippen LogP contribution in [0.25, 0.3) is 0 Å². The zero-order valence-electron chi connectivity index (χ0n) is 12.7. The lowest BCUT2D eigenvalue weighted by Gasteiger charge is -2.25. The Labute approximate surface area is 122 Å². The van der Waals surface area contributed by atoms with Crippen LogP contribution in [-0.4, -0.2) is 23.9 Å². The SMILES string of the molecule is CCNCc1cccc(C)c1OC1CCCCCC1O. The highest BCUT2D eigenvalue weighted by Gasteiger charge is 2.24. The van der Waals surface area contributed by atoms with Gasteiger partial charge in [-0.1, -0.05) is 38.0 Å². The van der Waals surface area contributed by atoms with Crippen LogP contribution >= 0.6 is 0 Å². The molecule has 1 aliphatic carbocycles. The smallest absolute Gasteiger partial charge is 0.127 e. The van der Waals surface area contributed by atoms with Crippen LogP contribution in [0.2, 0.25) is 0 Å². The maximum absolute atomic E-state index is 10.2. The summed E-state index contributed by atoms with van der Waals surface area (Å²) in [6.45, 7) is 5.94. The van der Waals surface area contributed by atoms with Crippen LogP contribution in [0.4, 0.5) is 0 Å². The number of hydrogen-bond donors (Lipinski definition) is 2. The van der Waals surface area contributed by atoms with E-state index in [0.29, 0.717) is 0 Å². The molecule has 0 aliphatic heterocycles. The first-order valence-corrected chi connectivity index (χ1v) is 7.86. The number of benzene rings is 1. The standard InChI is InChI=1S/C17H27NO2/c1-3-18-12-14-9-7-8-13(2)17(14)20-16-11-6-4-5-10-15(16)19/h7-9,15-16,18-19H,3-6,10-12H2,1-2H3. The van der Waals surface area contributed by atoms with E-state index >= 15 is 0 Å². The molecule has 112 valence electrons. The van der Waals surface area contributed by atoms with E-state index in [9.17, 15) is 5.11 Å². The molecule has 3 heteroatoms. The van der Waals surface area contributed by atoms with E-state index in [1.165, 1.54) is 12.0 Å². The average molecular weight is 277 g/mol. The van der Waals surface area contributed by atoms with Gasteiger partial charge in [0.15, 0.2) is 0 Å². The van der Waals surface area contributed by atoms with Gasteiger partial charge in [-0.3, -0.25) is 0 Å². The third kappa shape index (κ3) is 3.97. The van der Waals surface area contributed by atoms with E-state index in [-0.39, 0.29) is 12.2 Å². The fraction of sp³-hybridized carbons (Fsp3) is 0.647. The molecule has 2 unspecified atom stereocenters. The third-order valence-corrected chi connectivity index (χ3v) is 4.05. The van der Waals surface area contributed by atoms with Crippen molar-refractivity contribution >= 4 is 0 Å². The quantitative estimate of drug-likeness (QED) is 0.812. The Hall–Kier alpha value is -1.06. The van der Waals surface area contributed by atoms with Crippen molar-refractivity contribution in [3.63, 3.8) is 0 Å². The van der Waals surface area contributed by atoms with Gasteiger partial charge in [-0.25, -0.2) is 0 Å². The molecular weight excluding hydrogens is 250 g/mol. The number of aliphatic hydroxyl groups is 1. The molecule has 0 aromatic heterocycles. The lowest BCUT2D eigenvalue weighted by Crippen LogP contribution is -2.31. The van der Waals surface area contributed by atoms with Crippen molar-refractivity contribution in [3.8, 4) is 5.75 Å². The Morgan fingerprint density at radius 1 is 1.25 bits per heavy atom. The van der Waals surface area contributed by atoms with Crippen LogP contribution in [0.1, 0.15) is 50.2 Å². The predicted molar refractivity (Wildman–Crippen MR) is 82.1 cm³/mol. The molecular formula is C17H27NO2. The van der Waals surface area contributed by atoms with Gasteiger partial charge in [-0.15, -0.1) is 0 Å². The second-order valence-corrected chi connectivity index (χ2v) is 5.71. The molecule has 2 N–H and O–H groups in total. The number of aryl methyl sites for hydroxylation is 1. The van der Waals surface area contributed by atoms with E-state index in [1.54, 1.807) is 0 Å². The van der Waals surface area contributed by atoms with Gasteiger partial charge in [0.2, 0.25) is 0 Å². The molecule has 1 saturated carbocycles. The van der Waals surface area contributed by atoms with Gasteiger partial charge in [0, 0.05) is 12.1 Å². The summed E-state index contributed by atoms with van der Waals surface area (Å²) >= 11 is 0. The Kier molecular flexibility index (Phi) is 5.86. The summed E-state index contributed by atoms with van der Waals surface area (Å²) in [5.41, 5.74) is 2.33. The maximum Gasteiger partial charge on any atom is 0.127 e. The second kappa shape index (κ2) is 7.65. The van der Waals surface area contributed by atoms with Crippen LogP contribution in [0.15, 0.2) is 18.2 Å².